The summed E-state index contributed by atoms with van der Waals surface area (Å²) in [5.74, 6) is 0. The van der Waals surface area contributed by atoms with Crippen LogP contribution in [0.1, 0.15) is 45.9 Å². The molecule has 0 amide bonds. The lowest BCUT2D eigenvalue weighted by Crippen LogP contribution is -2.29. The van der Waals surface area contributed by atoms with Gasteiger partial charge < -0.3 is 10.5 Å². The average molecular weight is 274 g/mol. The van der Waals surface area contributed by atoms with Gasteiger partial charge in [0.15, 0.2) is 0 Å². The second kappa shape index (κ2) is 5.29. The molecule has 0 aliphatic rings. The molecule has 0 radical (unpaired) electrons. The Morgan fingerprint density at radius 2 is 2.00 bits per heavy atom. The molecule has 108 valence electrons. The molecular weight excluding hydrogens is 252 g/mol. The van der Waals surface area contributed by atoms with Crippen LogP contribution in [0.3, 0.4) is 0 Å². The first-order valence-corrected chi connectivity index (χ1v) is 6.93. The minimum Gasteiger partial charge on any atom is -0.443 e. The van der Waals surface area contributed by atoms with Crippen LogP contribution < -0.4 is 5.73 Å². The van der Waals surface area contributed by atoms with Crippen LogP contribution in [0.4, 0.5) is 4.79 Å². The summed E-state index contributed by atoms with van der Waals surface area (Å²) in [5, 5.41) is 0.997. The fourth-order valence-corrected chi connectivity index (χ4v) is 2.17. The molecule has 4 heteroatoms. The van der Waals surface area contributed by atoms with Crippen molar-refractivity contribution < 1.29 is 9.53 Å². The summed E-state index contributed by atoms with van der Waals surface area (Å²) in [6.07, 6.45) is 0.386. The standard InChI is InChI=1S/C16H22N2O2/c1-5-12(17)14-10-11-8-6-7-9-13(11)18(14)15(19)20-16(2,3)4/h6-10,12H,5,17H2,1-4H3/t12-/m1/s1. The van der Waals surface area contributed by atoms with E-state index in [1.165, 1.54) is 0 Å². The molecule has 0 bridgehead atoms. The Kier molecular flexibility index (Phi) is 3.86. The molecule has 2 rings (SSSR count). The monoisotopic (exact) mass is 274 g/mol. The van der Waals surface area contributed by atoms with Gasteiger partial charge in [-0.1, -0.05) is 25.1 Å². The van der Waals surface area contributed by atoms with Crippen LogP contribution in [0.5, 0.6) is 0 Å². The first kappa shape index (κ1) is 14.6. The highest BCUT2D eigenvalue weighted by Crippen LogP contribution is 2.26. The number of nitrogens with zero attached hydrogens (tertiary/aromatic N) is 1. The average Bonchev–Trinajstić information content (AvgIpc) is 2.75. The van der Waals surface area contributed by atoms with Gasteiger partial charge in [-0.25, -0.2) is 9.36 Å². The van der Waals surface area contributed by atoms with Gasteiger partial charge in [0.1, 0.15) is 5.60 Å². The van der Waals surface area contributed by atoms with Gasteiger partial charge in [-0.2, -0.15) is 0 Å². The third-order valence-electron chi connectivity index (χ3n) is 3.14. The molecule has 2 aromatic rings. The zero-order valence-electron chi connectivity index (χ0n) is 12.5. The van der Waals surface area contributed by atoms with E-state index in [2.05, 4.69) is 0 Å². The zero-order chi connectivity index (χ0) is 14.9. The molecule has 0 aliphatic carbocycles. The third kappa shape index (κ3) is 2.85. The molecule has 1 aromatic carbocycles. The van der Waals surface area contributed by atoms with Crippen molar-refractivity contribution in [2.75, 3.05) is 0 Å². The summed E-state index contributed by atoms with van der Waals surface area (Å²) in [7, 11) is 0. The van der Waals surface area contributed by atoms with E-state index < -0.39 is 5.60 Å². The highest BCUT2D eigenvalue weighted by atomic mass is 16.6. The first-order valence-electron chi connectivity index (χ1n) is 6.93. The predicted octanol–water partition coefficient (Wildman–Crippen LogP) is 3.83. The number of hydrogen-bond donors (Lipinski definition) is 1. The Balaban J connectivity index is 2.56. The van der Waals surface area contributed by atoms with Crippen molar-refractivity contribution in [3.63, 3.8) is 0 Å². The van der Waals surface area contributed by atoms with Crippen LogP contribution in [0, 0.1) is 0 Å². The molecule has 1 atom stereocenters. The fourth-order valence-electron chi connectivity index (χ4n) is 2.17. The van der Waals surface area contributed by atoms with Gasteiger partial charge in [0, 0.05) is 17.1 Å². The second-order valence-electron chi connectivity index (χ2n) is 5.96. The minimum atomic E-state index is -0.532. The van der Waals surface area contributed by atoms with E-state index in [4.69, 9.17) is 10.5 Å². The van der Waals surface area contributed by atoms with E-state index in [1.54, 1.807) is 4.57 Å². The van der Waals surface area contributed by atoms with Crippen molar-refractivity contribution >= 4 is 17.0 Å². The summed E-state index contributed by atoms with van der Waals surface area (Å²) < 4.78 is 7.09. The van der Waals surface area contributed by atoms with E-state index in [1.807, 2.05) is 58.0 Å². The van der Waals surface area contributed by atoms with Crippen LogP contribution in [0.2, 0.25) is 0 Å². The summed E-state index contributed by atoms with van der Waals surface area (Å²) in [4.78, 5) is 12.5. The summed E-state index contributed by atoms with van der Waals surface area (Å²) in [6.45, 7) is 7.57. The number of rotatable bonds is 2. The topological polar surface area (TPSA) is 57.2 Å². The van der Waals surface area contributed by atoms with Gasteiger partial charge in [0.25, 0.3) is 0 Å². The molecule has 2 N–H and O–H groups in total. The Labute approximate surface area is 119 Å². The van der Waals surface area contributed by atoms with Crippen molar-refractivity contribution in [2.45, 2.75) is 45.8 Å². The van der Waals surface area contributed by atoms with Crippen molar-refractivity contribution in [2.24, 2.45) is 5.73 Å². The molecular formula is C16H22N2O2. The largest absolute Gasteiger partial charge is 0.443 e. The van der Waals surface area contributed by atoms with Gasteiger partial charge >= 0.3 is 6.09 Å². The zero-order valence-corrected chi connectivity index (χ0v) is 12.5. The Morgan fingerprint density at radius 3 is 2.60 bits per heavy atom. The Morgan fingerprint density at radius 1 is 1.35 bits per heavy atom. The first-order chi connectivity index (χ1) is 9.33. The highest BCUT2D eigenvalue weighted by Gasteiger charge is 2.23. The van der Waals surface area contributed by atoms with Crippen LogP contribution in [0.15, 0.2) is 30.3 Å². The molecule has 0 saturated carbocycles. The van der Waals surface area contributed by atoms with Crippen LogP contribution in [-0.2, 0) is 4.74 Å². The van der Waals surface area contributed by atoms with E-state index >= 15 is 0 Å². The van der Waals surface area contributed by atoms with Crippen LogP contribution in [0.25, 0.3) is 10.9 Å². The smallest absolute Gasteiger partial charge is 0.419 e. The number of nitrogens with two attached hydrogens (primary N) is 1. The fraction of sp³-hybridized carbons (Fsp3) is 0.438. The van der Waals surface area contributed by atoms with E-state index in [0.29, 0.717) is 0 Å². The van der Waals surface area contributed by atoms with Gasteiger partial charge in [0.05, 0.1) is 5.52 Å². The summed E-state index contributed by atoms with van der Waals surface area (Å²) >= 11 is 0. The molecule has 1 heterocycles. The maximum atomic E-state index is 12.5. The van der Waals surface area contributed by atoms with Crippen molar-refractivity contribution in [1.82, 2.24) is 4.57 Å². The number of fused-ring (bicyclic) bond motifs is 1. The number of hydrogen-bond acceptors (Lipinski definition) is 3. The molecule has 4 nitrogen and oxygen atoms in total. The molecule has 1 aromatic heterocycles. The molecule has 0 unspecified atom stereocenters. The normalized spacial score (nSPS) is 13.4. The van der Waals surface area contributed by atoms with E-state index in [9.17, 15) is 4.79 Å². The van der Waals surface area contributed by atoms with Crippen molar-refractivity contribution in [3.05, 3.63) is 36.0 Å². The number of carbonyl (C=O) groups is 1. The van der Waals surface area contributed by atoms with E-state index in [0.717, 1.165) is 23.0 Å². The second-order valence-corrected chi connectivity index (χ2v) is 5.96. The highest BCUT2D eigenvalue weighted by molar-refractivity contribution is 5.91. The Hall–Kier alpha value is -1.81. The maximum Gasteiger partial charge on any atom is 0.419 e. The molecule has 0 spiro atoms. The number of para-hydroxylation sites is 1. The predicted molar refractivity (Wildman–Crippen MR) is 80.8 cm³/mol. The van der Waals surface area contributed by atoms with Gasteiger partial charge in [-0.15, -0.1) is 0 Å². The lowest BCUT2D eigenvalue weighted by atomic mass is 10.1. The third-order valence-corrected chi connectivity index (χ3v) is 3.14. The number of carbonyl (C=O) groups excluding carboxylic acids is 1. The lowest BCUT2D eigenvalue weighted by molar-refractivity contribution is 0.0538. The van der Waals surface area contributed by atoms with Gasteiger partial charge in [0.2, 0.25) is 0 Å². The number of ether oxygens (including phenoxy) is 1. The maximum absolute atomic E-state index is 12.5. The van der Waals surface area contributed by atoms with E-state index in [-0.39, 0.29) is 12.1 Å². The molecule has 0 saturated heterocycles. The number of aromatic nitrogens is 1. The van der Waals surface area contributed by atoms with Gasteiger partial charge in [-0.3, -0.25) is 0 Å². The quantitative estimate of drug-likeness (QED) is 0.905. The van der Waals surface area contributed by atoms with Crippen LogP contribution >= 0.6 is 0 Å². The minimum absolute atomic E-state index is 0.185. The number of benzene rings is 1. The molecule has 20 heavy (non-hydrogen) atoms. The lowest BCUT2D eigenvalue weighted by Gasteiger charge is -2.22. The van der Waals surface area contributed by atoms with Crippen molar-refractivity contribution in [1.29, 1.82) is 0 Å². The van der Waals surface area contributed by atoms with Gasteiger partial charge in [-0.05, 0) is 39.3 Å². The SMILES string of the molecule is CC[C@@H](N)c1cc2ccccc2n1C(=O)OC(C)(C)C. The Bertz CT molecular complexity index is 623. The van der Waals surface area contributed by atoms with Crippen molar-refractivity contribution in [3.8, 4) is 0 Å². The molecule has 0 aliphatic heterocycles. The summed E-state index contributed by atoms with van der Waals surface area (Å²) in [5.41, 5.74) is 7.23. The molecule has 0 fully saturated rings. The van der Waals surface area contributed by atoms with Crippen LogP contribution in [-0.4, -0.2) is 16.3 Å². The summed E-state index contributed by atoms with van der Waals surface area (Å²) in [6, 6.07) is 9.52.